The molecule has 4 rings (SSSR count). The Morgan fingerprint density at radius 1 is 1.11 bits per heavy atom. The van der Waals surface area contributed by atoms with E-state index in [2.05, 4.69) is 10.3 Å². The summed E-state index contributed by atoms with van der Waals surface area (Å²) in [6.45, 7) is 3.11. The van der Waals surface area contributed by atoms with Crippen LogP contribution in [0.1, 0.15) is 18.4 Å². The predicted octanol–water partition coefficient (Wildman–Crippen LogP) is 4.07. The van der Waals surface area contributed by atoms with Crippen molar-refractivity contribution in [2.24, 2.45) is 0 Å². The summed E-state index contributed by atoms with van der Waals surface area (Å²) in [5.74, 6) is 0.413. The van der Waals surface area contributed by atoms with E-state index in [1.807, 2.05) is 37.3 Å². The quantitative estimate of drug-likeness (QED) is 0.674. The molecule has 2 aromatic carbocycles. The Kier molecular flexibility index (Phi) is 5.19. The third-order valence-electron chi connectivity index (χ3n) is 4.72. The highest BCUT2D eigenvalue weighted by molar-refractivity contribution is 7.91. The van der Waals surface area contributed by atoms with Crippen LogP contribution in [0.3, 0.4) is 0 Å². The normalized spacial score (nSPS) is 17.0. The minimum Gasteiger partial charge on any atom is -0.419 e. The summed E-state index contributed by atoms with van der Waals surface area (Å²) >= 11 is 0. The van der Waals surface area contributed by atoms with Crippen LogP contribution in [0.2, 0.25) is 0 Å². The maximum atomic E-state index is 13.2. The van der Waals surface area contributed by atoms with E-state index < -0.39 is 9.84 Å². The minimum absolute atomic E-state index is 0.0419. The fraction of sp³-hybridized carbons (Fsp3) is 0.286. The summed E-state index contributed by atoms with van der Waals surface area (Å²) in [5.41, 5.74) is 1.70. The highest BCUT2D eigenvalue weighted by atomic mass is 32.2. The molecule has 0 bridgehead atoms. The molecule has 2 heterocycles. The smallest absolute Gasteiger partial charge is 0.233 e. The number of nitrogens with one attached hydrogen (secondary N) is 1. The molecule has 1 fully saturated rings. The lowest BCUT2D eigenvalue weighted by Gasteiger charge is -2.10. The number of rotatable bonds is 6. The Morgan fingerprint density at radius 3 is 2.54 bits per heavy atom. The molecule has 1 aliphatic heterocycles. The van der Waals surface area contributed by atoms with Gasteiger partial charge in [-0.3, -0.25) is 0 Å². The van der Waals surface area contributed by atoms with Crippen LogP contribution < -0.4 is 5.32 Å². The van der Waals surface area contributed by atoms with Crippen LogP contribution in [0, 0.1) is 6.92 Å². The Morgan fingerprint density at radius 2 is 1.86 bits per heavy atom. The van der Waals surface area contributed by atoms with Gasteiger partial charge in [0.1, 0.15) is 0 Å². The molecule has 0 aliphatic carbocycles. The van der Waals surface area contributed by atoms with Crippen LogP contribution >= 0.6 is 0 Å². The summed E-state index contributed by atoms with van der Waals surface area (Å²) in [5, 5.41) is 3.00. The first kappa shape index (κ1) is 18.7. The van der Waals surface area contributed by atoms with Gasteiger partial charge in [0.15, 0.2) is 0 Å². The van der Waals surface area contributed by atoms with Crippen LogP contribution in [0.4, 0.5) is 5.88 Å². The summed E-state index contributed by atoms with van der Waals surface area (Å²) in [6.07, 6.45) is 1.99. The maximum Gasteiger partial charge on any atom is 0.233 e. The van der Waals surface area contributed by atoms with Crippen LogP contribution in [0.5, 0.6) is 0 Å². The predicted molar refractivity (Wildman–Crippen MR) is 106 cm³/mol. The summed E-state index contributed by atoms with van der Waals surface area (Å²) in [6, 6.07) is 16.0. The van der Waals surface area contributed by atoms with E-state index in [4.69, 9.17) is 9.15 Å². The van der Waals surface area contributed by atoms with Gasteiger partial charge in [0.2, 0.25) is 26.6 Å². The van der Waals surface area contributed by atoms with Gasteiger partial charge in [-0.05, 0) is 44.0 Å². The second-order valence-corrected chi connectivity index (χ2v) is 8.72. The zero-order valence-electron chi connectivity index (χ0n) is 15.6. The first-order valence-corrected chi connectivity index (χ1v) is 10.8. The Labute approximate surface area is 164 Å². The molecule has 0 radical (unpaired) electrons. The molecule has 146 valence electrons. The SMILES string of the molecule is Cc1ccc(S(=O)(=O)c2nc(-c3ccccc3)oc2NC[C@@H]2CCCO2)cc1. The molecule has 1 aromatic heterocycles. The molecule has 0 amide bonds. The van der Waals surface area contributed by atoms with Crippen molar-refractivity contribution in [1.82, 2.24) is 4.98 Å². The van der Waals surface area contributed by atoms with Crippen molar-refractivity contribution in [1.29, 1.82) is 0 Å². The van der Waals surface area contributed by atoms with E-state index in [9.17, 15) is 8.42 Å². The lowest BCUT2D eigenvalue weighted by atomic mass is 10.2. The van der Waals surface area contributed by atoms with Crippen molar-refractivity contribution < 1.29 is 17.6 Å². The van der Waals surface area contributed by atoms with Crippen LogP contribution in [0.25, 0.3) is 11.5 Å². The number of oxazole rings is 1. The molecule has 1 aliphatic rings. The summed E-state index contributed by atoms with van der Waals surface area (Å²) < 4.78 is 37.9. The molecule has 1 atom stereocenters. The van der Waals surface area contributed by atoms with Crippen molar-refractivity contribution in [3.63, 3.8) is 0 Å². The van der Waals surface area contributed by atoms with E-state index in [0.29, 0.717) is 12.1 Å². The molecule has 28 heavy (non-hydrogen) atoms. The van der Waals surface area contributed by atoms with Gasteiger partial charge in [-0.1, -0.05) is 35.9 Å². The number of ether oxygens (including phenoxy) is 1. The molecule has 7 heteroatoms. The fourth-order valence-electron chi connectivity index (χ4n) is 3.15. The molecule has 6 nitrogen and oxygen atoms in total. The fourth-order valence-corrected chi connectivity index (χ4v) is 4.42. The molecule has 0 unspecified atom stereocenters. The molecular formula is C21H22N2O4S. The number of sulfone groups is 1. The van der Waals surface area contributed by atoms with Crippen molar-refractivity contribution >= 4 is 15.7 Å². The third-order valence-corrected chi connectivity index (χ3v) is 6.40. The van der Waals surface area contributed by atoms with Gasteiger partial charge in [-0.25, -0.2) is 8.42 Å². The minimum atomic E-state index is -3.83. The molecule has 3 aromatic rings. The number of aromatic nitrogens is 1. The number of benzene rings is 2. The highest BCUT2D eigenvalue weighted by Crippen LogP contribution is 2.32. The molecule has 1 saturated heterocycles. The van der Waals surface area contributed by atoms with Gasteiger partial charge >= 0.3 is 0 Å². The Balaban J connectivity index is 1.72. The second kappa shape index (κ2) is 7.77. The van der Waals surface area contributed by atoms with Crippen molar-refractivity contribution in [2.45, 2.75) is 35.8 Å². The first-order valence-electron chi connectivity index (χ1n) is 9.27. The van der Waals surface area contributed by atoms with Gasteiger partial charge in [-0.2, -0.15) is 4.98 Å². The maximum absolute atomic E-state index is 13.2. The van der Waals surface area contributed by atoms with E-state index in [-0.39, 0.29) is 27.8 Å². The van der Waals surface area contributed by atoms with E-state index >= 15 is 0 Å². The van der Waals surface area contributed by atoms with Crippen LogP contribution in [-0.2, 0) is 14.6 Å². The lowest BCUT2D eigenvalue weighted by molar-refractivity contribution is 0.120. The third kappa shape index (κ3) is 3.81. The molecule has 0 spiro atoms. The van der Waals surface area contributed by atoms with Gasteiger partial charge in [0.25, 0.3) is 0 Å². The van der Waals surface area contributed by atoms with Gasteiger partial charge in [0.05, 0.1) is 11.0 Å². The molecule has 0 saturated carbocycles. The van der Waals surface area contributed by atoms with Gasteiger partial charge in [0, 0.05) is 18.7 Å². The highest BCUT2D eigenvalue weighted by Gasteiger charge is 2.29. The van der Waals surface area contributed by atoms with E-state index in [1.165, 1.54) is 0 Å². The number of nitrogens with zero attached hydrogens (tertiary/aromatic N) is 1. The standard InChI is InChI=1S/C21H22N2O4S/c1-15-9-11-18(12-10-15)28(24,25)21-20(22-14-17-8-5-13-26-17)27-19(23-21)16-6-3-2-4-7-16/h2-4,6-7,9-12,17,22H,5,8,13-14H2,1H3/t17-/m0/s1. The van der Waals surface area contributed by atoms with Crippen molar-refractivity contribution in [2.75, 3.05) is 18.5 Å². The van der Waals surface area contributed by atoms with Crippen molar-refractivity contribution in [3.8, 4) is 11.5 Å². The van der Waals surface area contributed by atoms with E-state index in [0.717, 1.165) is 25.0 Å². The largest absolute Gasteiger partial charge is 0.419 e. The molecular weight excluding hydrogens is 376 g/mol. The lowest BCUT2D eigenvalue weighted by Crippen LogP contribution is -2.19. The Bertz CT molecular complexity index is 1040. The zero-order chi connectivity index (χ0) is 19.6. The van der Waals surface area contributed by atoms with Crippen LogP contribution in [-0.4, -0.2) is 32.7 Å². The van der Waals surface area contributed by atoms with Gasteiger partial charge in [-0.15, -0.1) is 0 Å². The van der Waals surface area contributed by atoms with Crippen LogP contribution in [0.15, 0.2) is 68.9 Å². The van der Waals surface area contributed by atoms with E-state index in [1.54, 1.807) is 24.3 Å². The number of hydrogen-bond donors (Lipinski definition) is 1. The Hall–Kier alpha value is -2.64. The number of aryl methyl sites for hydroxylation is 1. The summed E-state index contributed by atoms with van der Waals surface area (Å²) in [7, 11) is -3.83. The monoisotopic (exact) mass is 398 g/mol. The first-order chi connectivity index (χ1) is 13.5. The van der Waals surface area contributed by atoms with Crippen molar-refractivity contribution in [3.05, 3.63) is 60.2 Å². The average molecular weight is 398 g/mol. The number of hydrogen-bond acceptors (Lipinski definition) is 6. The zero-order valence-corrected chi connectivity index (χ0v) is 16.4. The summed E-state index contributed by atoms with van der Waals surface area (Å²) in [4.78, 5) is 4.52. The second-order valence-electron chi connectivity index (χ2n) is 6.85. The average Bonchev–Trinajstić information content (AvgIpc) is 3.37. The topological polar surface area (TPSA) is 81.4 Å². The van der Waals surface area contributed by atoms with Gasteiger partial charge < -0.3 is 14.5 Å². The molecule has 1 N–H and O–H groups in total. The number of anilines is 1.